The minimum atomic E-state index is -4.44. The summed E-state index contributed by atoms with van der Waals surface area (Å²) in [4.78, 5) is 0.113. The Balaban J connectivity index is 2.90. The van der Waals surface area contributed by atoms with E-state index < -0.39 is 12.3 Å². The predicted molar refractivity (Wildman–Crippen MR) is 63.5 cm³/mol. The molecular weight excluding hydrogens is 275 g/mol. The number of rotatable bonds is 3. The molecule has 1 atom stereocenters. The Morgan fingerprint density at radius 1 is 1.47 bits per heavy atom. The quantitative estimate of drug-likeness (QED) is 0.865. The summed E-state index contributed by atoms with van der Waals surface area (Å²) in [6.07, 6.45) is -6.37. The molecule has 0 saturated heterocycles. The standard InChI is InChI=1S/C10H9ClF3NOS/c1-5(10(12,13)14)16-8-3-2-6(9(15)17)4-7(8)11/h2-5H,1H3,(H2,15,17). The van der Waals surface area contributed by atoms with Gasteiger partial charge in [-0.05, 0) is 25.1 Å². The summed E-state index contributed by atoms with van der Waals surface area (Å²) in [6.45, 7) is 0.901. The molecule has 1 aromatic rings. The van der Waals surface area contributed by atoms with Crippen LogP contribution in [0, 0.1) is 0 Å². The highest BCUT2D eigenvalue weighted by Gasteiger charge is 2.38. The molecule has 0 amide bonds. The fourth-order valence-electron chi connectivity index (χ4n) is 1.01. The Bertz CT molecular complexity index is 436. The van der Waals surface area contributed by atoms with Gasteiger partial charge < -0.3 is 10.5 Å². The van der Waals surface area contributed by atoms with E-state index in [-0.39, 0.29) is 15.8 Å². The molecule has 0 aromatic heterocycles. The van der Waals surface area contributed by atoms with E-state index in [1.54, 1.807) is 0 Å². The van der Waals surface area contributed by atoms with Crippen molar-refractivity contribution >= 4 is 28.8 Å². The van der Waals surface area contributed by atoms with Crippen LogP contribution in [0.5, 0.6) is 5.75 Å². The second-order valence-corrected chi connectivity index (χ2v) is 4.16. The number of hydrogen-bond donors (Lipinski definition) is 1. The molecule has 2 N–H and O–H groups in total. The Morgan fingerprint density at radius 2 is 2.06 bits per heavy atom. The molecule has 0 aliphatic rings. The fraction of sp³-hybridized carbons (Fsp3) is 0.300. The summed E-state index contributed by atoms with van der Waals surface area (Å²) in [5.74, 6) is -0.0588. The summed E-state index contributed by atoms with van der Waals surface area (Å²) in [5, 5.41) is 0.0337. The van der Waals surface area contributed by atoms with Gasteiger partial charge in [-0.3, -0.25) is 0 Å². The average Bonchev–Trinajstić information content (AvgIpc) is 2.19. The highest BCUT2D eigenvalue weighted by molar-refractivity contribution is 7.80. The Labute approximate surface area is 107 Å². The number of ether oxygens (including phenoxy) is 1. The number of hydrogen-bond acceptors (Lipinski definition) is 2. The van der Waals surface area contributed by atoms with E-state index in [0.29, 0.717) is 5.56 Å². The molecule has 17 heavy (non-hydrogen) atoms. The first-order chi connectivity index (χ1) is 7.71. The van der Waals surface area contributed by atoms with Gasteiger partial charge in [0.2, 0.25) is 0 Å². The van der Waals surface area contributed by atoms with Crippen molar-refractivity contribution in [1.82, 2.24) is 0 Å². The molecule has 1 unspecified atom stereocenters. The van der Waals surface area contributed by atoms with E-state index in [0.717, 1.165) is 6.92 Å². The third-order valence-electron chi connectivity index (χ3n) is 1.98. The SMILES string of the molecule is CC(Oc1ccc(C(N)=S)cc1Cl)C(F)(F)F. The van der Waals surface area contributed by atoms with Gasteiger partial charge in [-0.25, -0.2) is 0 Å². The Kier molecular flexibility index (Phi) is 4.21. The van der Waals surface area contributed by atoms with E-state index >= 15 is 0 Å². The summed E-state index contributed by atoms with van der Waals surface area (Å²) < 4.78 is 41.5. The Hall–Kier alpha value is -1.01. The van der Waals surface area contributed by atoms with Crippen LogP contribution >= 0.6 is 23.8 Å². The Morgan fingerprint density at radius 3 is 2.47 bits per heavy atom. The average molecular weight is 284 g/mol. The number of nitrogens with two attached hydrogens (primary N) is 1. The third kappa shape index (κ3) is 3.74. The van der Waals surface area contributed by atoms with Crippen LogP contribution in [-0.4, -0.2) is 17.3 Å². The zero-order valence-corrected chi connectivity index (χ0v) is 10.3. The topological polar surface area (TPSA) is 35.2 Å². The smallest absolute Gasteiger partial charge is 0.425 e. The molecule has 0 aliphatic heterocycles. The second-order valence-electron chi connectivity index (χ2n) is 3.31. The number of alkyl halides is 3. The minimum absolute atomic E-state index is 0.0337. The van der Waals surface area contributed by atoms with Crippen molar-refractivity contribution in [2.75, 3.05) is 0 Å². The normalized spacial score (nSPS) is 13.2. The number of benzene rings is 1. The fourth-order valence-corrected chi connectivity index (χ4v) is 1.36. The lowest BCUT2D eigenvalue weighted by molar-refractivity contribution is -0.189. The first kappa shape index (κ1) is 14.1. The van der Waals surface area contributed by atoms with Gasteiger partial charge in [0.1, 0.15) is 10.7 Å². The van der Waals surface area contributed by atoms with Crippen LogP contribution in [0.25, 0.3) is 0 Å². The molecule has 0 heterocycles. The van der Waals surface area contributed by atoms with Gasteiger partial charge in [0.25, 0.3) is 0 Å². The second kappa shape index (κ2) is 5.10. The molecule has 1 aromatic carbocycles. The summed E-state index contributed by atoms with van der Waals surface area (Å²) in [6, 6.07) is 4.12. The van der Waals surface area contributed by atoms with Crippen molar-refractivity contribution < 1.29 is 17.9 Å². The summed E-state index contributed by atoms with van der Waals surface area (Å²) in [5.41, 5.74) is 5.82. The molecule has 7 heteroatoms. The molecule has 94 valence electrons. The molecule has 0 aliphatic carbocycles. The molecule has 0 saturated carbocycles. The van der Waals surface area contributed by atoms with Crippen molar-refractivity contribution in [1.29, 1.82) is 0 Å². The van der Waals surface area contributed by atoms with E-state index in [9.17, 15) is 13.2 Å². The lowest BCUT2D eigenvalue weighted by atomic mass is 10.2. The largest absolute Gasteiger partial charge is 0.480 e. The van der Waals surface area contributed by atoms with E-state index in [1.807, 2.05) is 0 Å². The highest BCUT2D eigenvalue weighted by Crippen LogP contribution is 2.30. The van der Waals surface area contributed by atoms with E-state index in [2.05, 4.69) is 0 Å². The summed E-state index contributed by atoms with van der Waals surface area (Å²) >= 11 is 10.5. The van der Waals surface area contributed by atoms with Gasteiger partial charge in [0.15, 0.2) is 6.10 Å². The maximum absolute atomic E-state index is 12.3. The van der Waals surface area contributed by atoms with Gasteiger partial charge in [-0.2, -0.15) is 13.2 Å². The highest BCUT2D eigenvalue weighted by atomic mass is 35.5. The van der Waals surface area contributed by atoms with Gasteiger partial charge >= 0.3 is 6.18 Å². The van der Waals surface area contributed by atoms with Gasteiger partial charge in [0, 0.05) is 5.56 Å². The lowest BCUT2D eigenvalue weighted by Crippen LogP contribution is -2.31. The van der Waals surface area contributed by atoms with Crippen LogP contribution < -0.4 is 10.5 Å². The van der Waals surface area contributed by atoms with Crippen LogP contribution in [0.1, 0.15) is 12.5 Å². The number of halogens is 4. The first-order valence-electron chi connectivity index (χ1n) is 4.54. The monoisotopic (exact) mass is 283 g/mol. The molecule has 0 bridgehead atoms. The van der Waals surface area contributed by atoms with Crippen LogP contribution in [0.3, 0.4) is 0 Å². The molecule has 2 nitrogen and oxygen atoms in total. The van der Waals surface area contributed by atoms with Crippen LogP contribution in [0.2, 0.25) is 5.02 Å². The molecule has 0 radical (unpaired) electrons. The van der Waals surface area contributed by atoms with Crippen molar-refractivity contribution in [3.8, 4) is 5.75 Å². The predicted octanol–water partition coefficient (Wildman–Crippen LogP) is 3.30. The van der Waals surface area contributed by atoms with E-state index in [1.165, 1.54) is 18.2 Å². The minimum Gasteiger partial charge on any atom is -0.480 e. The van der Waals surface area contributed by atoms with Gasteiger partial charge in [-0.15, -0.1) is 0 Å². The van der Waals surface area contributed by atoms with Crippen molar-refractivity contribution in [3.05, 3.63) is 28.8 Å². The summed E-state index contributed by atoms with van der Waals surface area (Å²) in [7, 11) is 0. The first-order valence-corrected chi connectivity index (χ1v) is 5.33. The van der Waals surface area contributed by atoms with Gasteiger partial charge in [0.05, 0.1) is 5.02 Å². The maximum atomic E-state index is 12.3. The van der Waals surface area contributed by atoms with Crippen LogP contribution in [0.15, 0.2) is 18.2 Å². The zero-order valence-electron chi connectivity index (χ0n) is 8.72. The third-order valence-corrected chi connectivity index (χ3v) is 2.51. The molecule has 0 fully saturated rings. The van der Waals surface area contributed by atoms with Crippen molar-refractivity contribution in [2.45, 2.75) is 19.2 Å². The molecular formula is C10H9ClF3NOS. The lowest BCUT2D eigenvalue weighted by Gasteiger charge is -2.18. The van der Waals surface area contributed by atoms with Crippen molar-refractivity contribution in [3.63, 3.8) is 0 Å². The van der Waals surface area contributed by atoms with Crippen LogP contribution in [0.4, 0.5) is 13.2 Å². The van der Waals surface area contributed by atoms with Crippen LogP contribution in [-0.2, 0) is 0 Å². The maximum Gasteiger partial charge on any atom is 0.425 e. The van der Waals surface area contributed by atoms with E-state index in [4.69, 9.17) is 34.3 Å². The zero-order chi connectivity index (χ0) is 13.2. The van der Waals surface area contributed by atoms with Crippen molar-refractivity contribution in [2.24, 2.45) is 5.73 Å². The van der Waals surface area contributed by atoms with Gasteiger partial charge in [-0.1, -0.05) is 23.8 Å². The molecule has 1 rings (SSSR count). The molecule has 0 spiro atoms. The number of thiocarbonyl (C=S) groups is 1.